The van der Waals surface area contributed by atoms with Crippen molar-refractivity contribution in [3.63, 3.8) is 0 Å². The zero-order valence-corrected chi connectivity index (χ0v) is 20.7. The lowest BCUT2D eigenvalue weighted by atomic mass is 9.98. The third-order valence-corrected chi connectivity index (χ3v) is 7.42. The second-order valence-electron chi connectivity index (χ2n) is 8.65. The number of anilines is 1. The zero-order valence-electron chi connectivity index (χ0n) is 19.9. The van der Waals surface area contributed by atoms with Gasteiger partial charge in [-0.05, 0) is 73.5 Å². The molecule has 0 aromatic heterocycles. The Morgan fingerprint density at radius 1 is 1.09 bits per heavy atom. The average Bonchev–Trinajstić information content (AvgIpc) is 3.18. The molecule has 33 heavy (non-hydrogen) atoms. The second-order valence-corrected chi connectivity index (χ2v) is 9.74. The summed E-state index contributed by atoms with van der Waals surface area (Å²) in [4.78, 5) is 25.0. The number of nitrogens with one attached hydrogen (secondary N) is 1. The van der Waals surface area contributed by atoms with E-state index < -0.39 is 5.66 Å². The molecule has 0 aliphatic carbocycles. The molecule has 1 saturated heterocycles. The SMILES string of the molecule is CCCSC1=NC2(CCN(C(=O)Nc3ccc(C)c(C)c3)CC2)N=C1c1ccc(OC)cc1. The molecule has 2 aliphatic rings. The van der Waals surface area contributed by atoms with Crippen LogP contribution in [0.1, 0.15) is 42.9 Å². The smallest absolute Gasteiger partial charge is 0.321 e. The van der Waals surface area contributed by atoms with Gasteiger partial charge >= 0.3 is 6.03 Å². The molecule has 2 heterocycles. The summed E-state index contributed by atoms with van der Waals surface area (Å²) in [6, 6.07) is 14.0. The highest BCUT2D eigenvalue weighted by atomic mass is 32.2. The maximum absolute atomic E-state index is 12.8. The second kappa shape index (κ2) is 10.00. The van der Waals surface area contributed by atoms with Crippen molar-refractivity contribution < 1.29 is 9.53 Å². The van der Waals surface area contributed by atoms with Crippen LogP contribution in [0.2, 0.25) is 0 Å². The molecule has 0 unspecified atom stereocenters. The summed E-state index contributed by atoms with van der Waals surface area (Å²) in [6.07, 6.45) is 2.53. The highest BCUT2D eigenvalue weighted by Crippen LogP contribution is 2.36. The number of carbonyl (C=O) groups excluding carboxylic acids is 1. The van der Waals surface area contributed by atoms with Gasteiger partial charge in [0.05, 0.1) is 12.8 Å². The van der Waals surface area contributed by atoms with Crippen LogP contribution in [0.4, 0.5) is 10.5 Å². The maximum Gasteiger partial charge on any atom is 0.321 e. The van der Waals surface area contributed by atoms with E-state index in [1.165, 1.54) is 11.1 Å². The number of thioether (sulfide) groups is 1. The molecular weight excluding hydrogens is 432 g/mol. The van der Waals surface area contributed by atoms with Crippen LogP contribution >= 0.6 is 11.8 Å². The van der Waals surface area contributed by atoms with Gasteiger partial charge in [-0.1, -0.05) is 13.0 Å². The molecule has 4 rings (SSSR count). The molecule has 1 fully saturated rings. The number of ether oxygens (including phenoxy) is 1. The minimum atomic E-state index is -0.470. The van der Waals surface area contributed by atoms with E-state index >= 15 is 0 Å². The quantitative estimate of drug-likeness (QED) is 0.619. The van der Waals surface area contributed by atoms with Gasteiger partial charge in [0.25, 0.3) is 0 Å². The average molecular weight is 465 g/mol. The van der Waals surface area contributed by atoms with Gasteiger partial charge in [-0.15, -0.1) is 11.8 Å². The number of hydrogen-bond donors (Lipinski definition) is 1. The first kappa shape index (κ1) is 23.4. The molecule has 0 saturated carbocycles. The highest BCUT2D eigenvalue weighted by Gasteiger charge is 2.40. The monoisotopic (exact) mass is 464 g/mol. The number of likely N-dealkylation sites (tertiary alicyclic amines) is 1. The van der Waals surface area contributed by atoms with Crippen LogP contribution in [0.5, 0.6) is 5.75 Å². The highest BCUT2D eigenvalue weighted by molar-refractivity contribution is 8.15. The molecule has 6 nitrogen and oxygen atoms in total. The van der Waals surface area contributed by atoms with Crippen molar-refractivity contribution in [1.29, 1.82) is 0 Å². The number of aliphatic imine (C=N–C) groups is 2. The Morgan fingerprint density at radius 2 is 1.82 bits per heavy atom. The largest absolute Gasteiger partial charge is 0.497 e. The number of carbonyl (C=O) groups is 1. The van der Waals surface area contributed by atoms with Crippen molar-refractivity contribution in [2.24, 2.45) is 9.98 Å². The Bertz CT molecular complexity index is 1070. The van der Waals surface area contributed by atoms with E-state index in [0.717, 1.165) is 52.8 Å². The number of benzene rings is 2. The van der Waals surface area contributed by atoms with Gasteiger partial charge in [-0.25, -0.2) is 9.79 Å². The van der Waals surface area contributed by atoms with Crippen LogP contribution in [-0.2, 0) is 0 Å². The van der Waals surface area contributed by atoms with Crippen LogP contribution in [0.3, 0.4) is 0 Å². The van der Waals surface area contributed by atoms with Crippen LogP contribution in [0.25, 0.3) is 0 Å². The number of hydrogen-bond acceptors (Lipinski definition) is 5. The van der Waals surface area contributed by atoms with Gasteiger partial charge < -0.3 is 15.0 Å². The number of methoxy groups -OCH3 is 1. The van der Waals surface area contributed by atoms with Gasteiger partial charge in [-0.2, -0.15) is 0 Å². The molecule has 1 spiro atoms. The lowest BCUT2D eigenvalue weighted by Gasteiger charge is -2.35. The van der Waals surface area contributed by atoms with Crippen molar-refractivity contribution in [3.05, 3.63) is 59.2 Å². The van der Waals surface area contributed by atoms with E-state index in [4.69, 9.17) is 14.7 Å². The molecule has 7 heteroatoms. The summed E-state index contributed by atoms with van der Waals surface area (Å²) in [7, 11) is 1.67. The van der Waals surface area contributed by atoms with Gasteiger partial charge in [0.15, 0.2) is 5.66 Å². The molecule has 174 valence electrons. The predicted molar refractivity (Wildman–Crippen MR) is 138 cm³/mol. The fourth-order valence-corrected chi connectivity index (χ4v) is 5.00. The number of rotatable bonds is 5. The van der Waals surface area contributed by atoms with Gasteiger partial charge in [0, 0.05) is 37.2 Å². The van der Waals surface area contributed by atoms with Crippen molar-refractivity contribution in [3.8, 4) is 5.75 Å². The maximum atomic E-state index is 12.8. The first-order valence-corrected chi connectivity index (χ1v) is 12.5. The lowest BCUT2D eigenvalue weighted by molar-refractivity contribution is 0.175. The normalized spacial score (nSPS) is 17.0. The number of piperidine rings is 1. The van der Waals surface area contributed by atoms with Crippen molar-refractivity contribution in [1.82, 2.24) is 4.90 Å². The fraction of sp³-hybridized carbons (Fsp3) is 0.423. The summed E-state index contributed by atoms with van der Waals surface area (Å²) >= 11 is 1.77. The third-order valence-electron chi connectivity index (χ3n) is 6.25. The summed E-state index contributed by atoms with van der Waals surface area (Å²) in [6.45, 7) is 7.56. The van der Waals surface area contributed by atoms with Gasteiger partial charge in [-0.3, -0.25) is 4.99 Å². The van der Waals surface area contributed by atoms with E-state index in [1.807, 2.05) is 47.4 Å². The van der Waals surface area contributed by atoms with Gasteiger partial charge in [0.2, 0.25) is 0 Å². The molecule has 0 bridgehead atoms. The van der Waals surface area contributed by atoms with Crippen LogP contribution < -0.4 is 10.1 Å². The first-order valence-electron chi connectivity index (χ1n) is 11.5. The summed E-state index contributed by atoms with van der Waals surface area (Å²) in [5.41, 5.74) is 4.77. The Hall–Kier alpha value is -2.80. The Morgan fingerprint density at radius 3 is 2.45 bits per heavy atom. The molecular formula is C26H32N4O2S. The first-order chi connectivity index (χ1) is 15.9. The minimum absolute atomic E-state index is 0.0602. The molecule has 0 radical (unpaired) electrons. The molecule has 2 aliphatic heterocycles. The number of amides is 2. The lowest BCUT2D eigenvalue weighted by Crippen LogP contribution is -2.46. The molecule has 2 amide bonds. The Balaban J connectivity index is 1.47. The van der Waals surface area contributed by atoms with Crippen molar-refractivity contribution in [2.75, 3.05) is 31.3 Å². The summed E-state index contributed by atoms with van der Waals surface area (Å²) in [5, 5.41) is 4.05. The van der Waals surface area contributed by atoms with E-state index in [9.17, 15) is 4.79 Å². The topological polar surface area (TPSA) is 66.3 Å². The fourth-order valence-electron chi connectivity index (χ4n) is 4.07. The Kier molecular flexibility index (Phi) is 7.08. The van der Waals surface area contributed by atoms with Gasteiger partial charge in [0.1, 0.15) is 10.8 Å². The van der Waals surface area contributed by atoms with Crippen LogP contribution in [0, 0.1) is 13.8 Å². The number of nitrogens with zero attached hydrogens (tertiary/aromatic N) is 3. The van der Waals surface area contributed by atoms with E-state index in [0.29, 0.717) is 13.1 Å². The van der Waals surface area contributed by atoms with E-state index in [1.54, 1.807) is 18.9 Å². The van der Waals surface area contributed by atoms with Crippen molar-refractivity contribution >= 4 is 34.2 Å². The third kappa shape index (κ3) is 5.24. The number of aryl methyl sites for hydroxylation is 2. The molecule has 0 atom stereocenters. The van der Waals surface area contributed by atoms with Crippen molar-refractivity contribution in [2.45, 2.75) is 45.7 Å². The molecule has 2 aromatic carbocycles. The summed E-state index contributed by atoms with van der Waals surface area (Å²) < 4.78 is 5.30. The number of urea groups is 1. The predicted octanol–water partition coefficient (Wildman–Crippen LogP) is 5.68. The summed E-state index contributed by atoms with van der Waals surface area (Å²) in [5.74, 6) is 1.84. The molecule has 1 N–H and O–H groups in total. The minimum Gasteiger partial charge on any atom is -0.497 e. The van der Waals surface area contributed by atoms with E-state index in [-0.39, 0.29) is 6.03 Å². The Labute approximate surface area is 200 Å². The molecule has 2 aromatic rings. The van der Waals surface area contributed by atoms with Crippen LogP contribution in [-0.4, -0.2) is 53.3 Å². The standard InChI is InChI=1S/C26H32N4O2S/c1-5-16-33-24-23(20-7-10-22(32-4)11-8-20)28-26(29-24)12-14-30(15-13-26)25(31)27-21-9-6-18(2)19(3)17-21/h6-11,17H,5,12-16H2,1-4H3,(H,27,31). The van der Waals surface area contributed by atoms with Crippen LogP contribution in [0.15, 0.2) is 52.4 Å². The van der Waals surface area contributed by atoms with E-state index in [2.05, 4.69) is 26.1 Å². The zero-order chi connectivity index (χ0) is 23.4.